The lowest BCUT2D eigenvalue weighted by molar-refractivity contribution is -0.384. The lowest BCUT2D eigenvalue weighted by atomic mass is 10.2. The van der Waals surface area contributed by atoms with Gasteiger partial charge in [0.1, 0.15) is 22.8 Å². The zero-order valence-electron chi connectivity index (χ0n) is 15.1. The van der Waals surface area contributed by atoms with Crippen molar-refractivity contribution in [2.45, 2.75) is 26.4 Å². The van der Waals surface area contributed by atoms with Crippen LogP contribution in [0.25, 0.3) is 0 Å². The summed E-state index contributed by atoms with van der Waals surface area (Å²) in [6.07, 6.45) is -0.707. The van der Waals surface area contributed by atoms with E-state index in [9.17, 15) is 14.9 Å². The molecule has 2 N–H and O–H groups in total. The predicted octanol–water partition coefficient (Wildman–Crippen LogP) is 4.34. The molecule has 8 heteroatoms. The molecule has 0 saturated heterocycles. The van der Waals surface area contributed by atoms with Crippen molar-refractivity contribution in [3.8, 4) is 11.5 Å². The Morgan fingerprint density at radius 1 is 1.15 bits per heavy atom. The number of carbonyl (C=O) groups excluding carboxylic acids is 1. The number of nitro groups is 1. The van der Waals surface area contributed by atoms with E-state index in [1.165, 1.54) is 25.2 Å². The zero-order valence-corrected chi connectivity index (χ0v) is 15.1. The number of anilines is 2. The van der Waals surface area contributed by atoms with Crippen LogP contribution in [0.5, 0.6) is 11.5 Å². The van der Waals surface area contributed by atoms with Crippen LogP contribution in [-0.4, -0.2) is 23.7 Å². The van der Waals surface area contributed by atoms with E-state index in [2.05, 4.69) is 0 Å². The molecule has 0 fully saturated rings. The zero-order chi connectivity index (χ0) is 19.5. The highest BCUT2D eigenvalue weighted by Crippen LogP contribution is 2.34. The number of hydrogen-bond donors (Lipinski definition) is 1. The molecule has 0 saturated carbocycles. The van der Waals surface area contributed by atoms with Gasteiger partial charge in [0.05, 0.1) is 4.92 Å². The van der Waals surface area contributed by atoms with Gasteiger partial charge in [-0.1, -0.05) is 6.07 Å². The Kier molecular flexibility index (Phi) is 5.35. The van der Waals surface area contributed by atoms with Gasteiger partial charge in [-0.15, -0.1) is 0 Å². The lowest BCUT2D eigenvalue weighted by Gasteiger charge is -2.24. The van der Waals surface area contributed by atoms with Crippen LogP contribution in [0.15, 0.2) is 42.5 Å². The molecule has 0 radical (unpaired) electrons. The first-order valence-electron chi connectivity index (χ1n) is 7.85. The molecule has 138 valence electrons. The molecule has 0 atom stereocenters. The highest BCUT2D eigenvalue weighted by Gasteiger charge is 2.26. The van der Waals surface area contributed by atoms with Gasteiger partial charge in [-0.25, -0.2) is 4.79 Å². The van der Waals surface area contributed by atoms with Gasteiger partial charge in [-0.2, -0.15) is 0 Å². The molecule has 2 aromatic rings. The summed E-state index contributed by atoms with van der Waals surface area (Å²) in [5.74, 6) is 0.802. The highest BCUT2D eigenvalue weighted by molar-refractivity contribution is 5.90. The van der Waals surface area contributed by atoms with Crippen LogP contribution in [0, 0.1) is 10.1 Å². The largest absolute Gasteiger partial charge is 0.457 e. The molecule has 0 unspecified atom stereocenters. The van der Waals surface area contributed by atoms with E-state index in [0.717, 1.165) is 4.90 Å². The number of carbonyl (C=O) groups is 1. The maximum absolute atomic E-state index is 12.3. The molecular weight excluding hydrogens is 338 g/mol. The van der Waals surface area contributed by atoms with Crippen LogP contribution in [0.1, 0.15) is 20.8 Å². The minimum atomic E-state index is -0.726. The van der Waals surface area contributed by atoms with Crippen LogP contribution < -0.4 is 15.4 Å². The average Bonchev–Trinajstić information content (AvgIpc) is 2.52. The van der Waals surface area contributed by atoms with Gasteiger partial charge in [0.25, 0.3) is 5.69 Å². The SMILES string of the molecule is CN(C(=O)OC(C)(C)C)c1cc(Oc2cccc(N)c2)ccc1[N+](=O)[O-]. The van der Waals surface area contributed by atoms with Gasteiger partial charge < -0.3 is 15.2 Å². The van der Waals surface area contributed by atoms with Crippen LogP contribution in [0.3, 0.4) is 0 Å². The predicted molar refractivity (Wildman–Crippen MR) is 98.7 cm³/mol. The monoisotopic (exact) mass is 359 g/mol. The number of nitrogens with zero attached hydrogens (tertiary/aromatic N) is 2. The first kappa shape index (κ1) is 19.0. The van der Waals surface area contributed by atoms with Crippen LogP contribution >= 0.6 is 0 Å². The summed E-state index contributed by atoms with van der Waals surface area (Å²) in [6, 6.07) is 10.9. The molecule has 8 nitrogen and oxygen atoms in total. The third-order valence-corrected chi connectivity index (χ3v) is 3.27. The van der Waals surface area contributed by atoms with Crippen molar-refractivity contribution >= 4 is 23.2 Å². The van der Waals surface area contributed by atoms with Crippen molar-refractivity contribution in [1.29, 1.82) is 0 Å². The molecule has 0 bridgehead atoms. The van der Waals surface area contributed by atoms with Crippen molar-refractivity contribution in [1.82, 2.24) is 0 Å². The van der Waals surface area contributed by atoms with Gasteiger partial charge in [0, 0.05) is 30.9 Å². The highest BCUT2D eigenvalue weighted by atomic mass is 16.6. The Hall–Kier alpha value is -3.29. The third kappa shape index (κ3) is 4.85. The van der Waals surface area contributed by atoms with E-state index in [-0.39, 0.29) is 11.4 Å². The van der Waals surface area contributed by atoms with E-state index in [4.69, 9.17) is 15.2 Å². The summed E-state index contributed by atoms with van der Waals surface area (Å²) < 4.78 is 11.0. The Labute approximate surface area is 151 Å². The van der Waals surface area contributed by atoms with Crippen molar-refractivity contribution in [3.05, 3.63) is 52.6 Å². The molecular formula is C18H21N3O5. The Morgan fingerprint density at radius 2 is 1.81 bits per heavy atom. The molecule has 2 aromatic carbocycles. The fraction of sp³-hybridized carbons (Fsp3) is 0.278. The van der Waals surface area contributed by atoms with Gasteiger partial charge >= 0.3 is 6.09 Å². The first-order valence-corrected chi connectivity index (χ1v) is 7.85. The minimum absolute atomic E-state index is 0.0608. The van der Waals surface area contributed by atoms with E-state index in [1.807, 2.05) is 0 Å². The summed E-state index contributed by atoms with van der Waals surface area (Å²) in [5, 5.41) is 11.3. The number of nitrogen functional groups attached to an aromatic ring is 1. The Balaban J connectivity index is 2.36. The van der Waals surface area contributed by atoms with E-state index in [1.54, 1.807) is 45.0 Å². The molecule has 0 spiro atoms. The maximum atomic E-state index is 12.3. The smallest absolute Gasteiger partial charge is 0.414 e. The topological polar surface area (TPSA) is 108 Å². The second kappa shape index (κ2) is 7.30. The second-order valence-corrected chi connectivity index (χ2v) is 6.62. The third-order valence-electron chi connectivity index (χ3n) is 3.27. The summed E-state index contributed by atoms with van der Waals surface area (Å²) in [7, 11) is 1.40. The number of nitrogens with two attached hydrogens (primary N) is 1. The van der Waals surface area contributed by atoms with Crippen molar-refractivity contribution in [2.75, 3.05) is 17.7 Å². The lowest BCUT2D eigenvalue weighted by Crippen LogP contribution is -2.34. The van der Waals surface area contributed by atoms with Gasteiger partial charge in [0.2, 0.25) is 0 Å². The normalized spacial score (nSPS) is 10.9. The number of hydrogen-bond acceptors (Lipinski definition) is 6. The first-order chi connectivity index (χ1) is 12.1. The molecule has 0 aliphatic carbocycles. The van der Waals surface area contributed by atoms with Gasteiger partial charge in [-0.05, 0) is 39.0 Å². The van der Waals surface area contributed by atoms with Gasteiger partial charge in [-0.3, -0.25) is 15.0 Å². The number of amides is 1. The fourth-order valence-corrected chi connectivity index (χ4v) is 2.13. The van der Waals surface area contributed by atoms with E-state index >= 15 is 0 Å². The fourth-order valence-electron chi connectivity index (χ4n) is 2.13. The minimum Gasteiger partial charge on any atom is -0.457 e. The van der Waals surface area contributed by atoms with Gasteiger partial charge in [0.15, 0.2) is 0 Å². The number of rotatable bonds is 4. The quantitative estimate of drug-likeness (QED) is 0.494. The maximum Gasteiger partial charge on any atom is 0.414 e. The summed E-state index contributed by atoms with van der Waals surface area (Å²) in [6.45, 7) is 5.14. The molecule has 0 heterocycles. The molecule has 0 aliphatic rings. The van der Waals surface area contributed by atoms with Crippen molar-refractivity contribution in [2.24, 2.45) is 0 Å². The standard InChI is InChI=1S/C18H21N3O5/c1-18(2,3)26-17(22)20(4)16-11-14(8-9-15(16)21(23)24)25-13-7-5-6-12(19)10-13/h5-11H,19H2,1-4H3. The van der Waals surface area contributed by atoms with Crippen LogP contribution in [0.4, 0.5) is 21.9 Å². The number of nitro benzene ring substituents is 1. The summed E-state index contributed by atoms with van der Waals surface area (Å²) in [4.78, 5) is 24.1. The van der Waals surface area contributed by atoms with Crippen molar-refractivity contribution < 1.29 is 19.2 Å². The van der Waals surface area contributed by atoms with Crippen molar-refractivity contribution in [3.63, 3.8) is 0 Å². The summed E-state index contributed by atoms with van der Waals surface area (Å²) >= 11 is 0. The molecule has 0 aliphatic heterocycles. The molecule has 1 amide bonds. The number of benzene rings is 2. The van der Waals surface area contributed by atoms with E-state index < -0.39 is 16.6 Å². The van der Waals surface area contributed by atoms with Crippen LogP contribution in [-0.2, 0) is 4.74 Å². The van der Waals surface area contributed by atoms with Crippen LogP contribution in [0.2, 0.25) is 0 Å². The second-order valence-electron chi connectivity index (χ2n) is 6.62. The molecule has 0 aromatic heterocycles. The number of ether oxygens (including phenoxy) is 2. The Bertz CT molecular complexity index is 830. The molecule has 2 rings (SSSR count). The van der Waals surface area contributed by atoms with E-state index in [0.29, 0.717) is 17.2 Å². The average molecular weight is 359 g/mol. The Morgan fingerprint density at radius 3 is 2.38 bits per heavy atom. The summed E-state index contributed by atoms with van der Waals surface area (Å²) in [5.41, 5.74) is 5.33. The molecule has 26 heavy (non-hydrogen) atoms.